The zero-order chi connectivity index (χ0) is 30.6. The molecule has 0 aliphatic carbocycles. The van der Waals surface area contributed by atoms with E-state index < -0.39 is 0 Å². The van der Waals surface area contributed by atoms with Crippen molar-refractivity contribution in [2.75, 3.05) is 36.0 Å². The smallest absolute Gasteiger partial charge is 0.139 e. The molecule has 4 heterocycles. The minimum absolute atomic E-state index is 0.721. The molecule has 2 saturated heterocycles. The Morgan fingerprint density at radius 3 is 1.53 bits per heavy atom. The molecule has 5 aromatic carbocycles. The van der Waals surface area contributed by atoms with Crippen molar-refractivity contribution in [1.82, 2.24) is 0 Å². The predicted molar refractivity (Wildman–Crippen MR) is 191 cm³/mol. The van der Waals surface area contributed by atoms with Gasteiger partial charge in [-0.1, -0.05) is 39.8 Å². The minimum Gasteiger partial charge on any atom is -0.456 e. The Hall–Kier alpha value is -4.18. The van der Waals surface area contributed by atoms with Gasteiger partial charge in [-0.15, -0.1) is 0 Å². The maximum atomic E-state index is 6.66. The third-order valence-electron chi connectivity index (χ3n) is 10.7. The summed E-state index contributed by atoms with van der Waals surface area (Å²) < 4.78 is 13.3. The number of rotatable bonds is 2. The van der Waals surface area contributed by atoms with Gasteiger partial charge in [-0.05, 0) is 125 Å². The van der Waals surface area contributed by atoms with E-state index in [1.807, 2.05) is 0 Å². The van der Waals surface area contributed by atoms with Crippen molar-refractivity contribution in [2.24, 2.45) is 23.7 Å². The summed E-state index contributed by atoms with van der Waals surface area (Å²) in [6.07, 6.45) is 2.63. The summed E-state index contributed by atoms with van der Waals surface area (Å²) in [5.74, 6) is 2.89. The molecule has 2 aliphatic heterocycles. The lowest BCUT2D eigenvalue weighted by Gasteiger charge is -2.36. The number of nitrogens with zero attached hydrogens (tertiary/aromatic N) is 2. The molecule has 0 N–H and O–H groups in total. The quantitative estimate of drug-likeness (QED) is 0.199. The van der Waals surface area contributed by atoms with Crippen molar-refractivity contribution in [2.45, 2.75) is 47.5 Å². The number of furan rings is 2. The summed E-state index contributed by atoms with van der Waals surface area (Å²) in [6.45, 7) is 16.1. The van der Waals surface area contributed by atoms with Crippen LogP contribution in [-0.2, 0) is 0 Å². The van der Waals surface area contributed by atoms with Crippen LogP contribution >= 0.6 is 0 Å². The highest BCUT2D eigenvalue weighted by molar-refractivity contribution is 6.28. The summed E-state index contributed by atoms with van der Waals surface area (Å²) in [5.41, 5.74) is 7.50. The van der Waals surface area contributed by atoms with Crippen LogP contribution in [0.5, 0.6) is 0 Å². The number of hydrogen-bond donors (Lipinski definition) is 0. The molecule has 7 aromatic rings. The molecule has 45 heavy (non-hydrogen) atoms. The van der Waals surface area contributed by atoms with Gasteiger partial charge >= 0.3 is 0 Å². The number of anilines is 2. The fourth-order valence-corrected chi connectivity index (χ4v) is 8.96. The van der Waals surface area contributed by atoms with Gasteiger partial charge in [-0.3, -0.25) is 0 Å². The number of hydrogen-bond acceptors (Lipinski definition) is 4. The molecular weight excluding hydrogens is 552 g/mol. The lowest BCUT2D eigenvalue weighted by Crippen LogP contribution is -2.38. The molecule has 0 radical (unpaired) electrons. The first kappa shape index (κ1) is 27.2. The minimum atomic E-state index is 0.721. The molecule has 0 spiro atoms. The molecule has 4 nitrogen and oxygen atoms in total. The fourth-order valence-electron chi connectivity index (χ4n) is 8.96. The van der Waals surface area contributed by atoms with Crippen LogP contribution in [0.1, 0.15) is 46.1 Å². The van der Waals surface area contributed by atoms with Gasteiger partial charge in [0.05, 0.1) is 0 Å². The van der Waals surface area contributed by atoms with E-state index in [0.717, 1.165) is 99.3 Å². The van der Waals surface area contributed by atoms with E-state index in [-0.39, 0.29) is 0 Å². The van der Waals surface area contributed by atoms with E-state index in [0.29, 0.717) is 0 Å². The van der Waals surface area contributed by atoms with Crippen molar-refractivity contribution in [1.29, 1.82) is 0 Å². The van der Waals surface area contributed by atoms with Gasteiger partial charge < -0.3 is 18.6 Å². The van der Waals surface area contributed by atoms with Crippen LogP contribution in [0, 0.1) is 30.6 Å². The largest absolute Gasteiger partial charge is 0.456 e. The Bertz CT molecular complexity index is 2270. The van der Waals surface area contributed by atoms with Crippen LogP contribution in [0.4, 0.5) is 11.4 Å². The van der Waals surface area contributed by atoms with Crippen molar-refractivity contribution in [3.05, 3.63) is 72.3 Å². The zero-order valence-corrected chi connectivity index (χ0v) is 27.1. The van der Waals surface area contributed by atoms with Gasteiger partial charge in [0.2, 0.25) is 0 Å². The van der Waals surface area contributed by atoms with Crippen LogP contribution in [0.3, 0.4) is 0 Å². The number of fused-ring (bicyclic) bond motifs is 9. The summed E-state index contributed by atoms with van der Waals surface area (Å²) in [5, 5.41) is 9.58. The second-order valence-corrected chi connectivity index (χ2v) is 14.9. The summed E-state index contributed by atoms with van der Waals surface area (Å²) in [6, 6.07) is 25.2. The fraction of sp³-hybridized carbons (Fsp3) is 0.366. The van der Waals surface area contributed by atoms with Crippen LogP contribution in [0.25, 0.3) is 65.4 Å². The third kappa shape index (κ3) is 4.40. The average molecular weight is 595 g/mol. The summed E-state index contributed by atoms with van der Waals surface area (Å²) >= 11 is 0. The SMILES string of the molecule is Cc1cc2oc3cc4cc(N5CC(C)CC(C)C5)ccc4cc3c2c2c1oc1cc3cc(N4CC(C)CC(C)C4)ccc3cc12. The van der Waals surface area contributed by atoms with Gasteiger partial charge in [-0.25, -0.2) is 0 Å². The highest BCUT2D eigenvalue weighted by Gasteiger charge is 2.24. The van der Waals surface area contributed by atoms with E-state index in [2.05, 4.69) is 111 Å². The lowest BCUT2D eigenvalue weighted by molar-refractivity contribution is 0.357. The van der Waals surface area contributed by atoms with E-state index in [1.54, 1.807) is 0 Å². The Balaban J connectivity index is 1.19. The van der Waals surface area contributed by atoms with Gasteiger partial charge in [0, 0.05) is 59.1 Å². The Morgan fingerprint density at radius 1 is 0.511 bits per heavy atom. The Morgan fingerprint density at radius 2 is 1.00 bits per heavy atom. The lowest BCUT2D eigenvalue weighted by atomic mass is 9.91. The number of piperidine rings is 2. The predicted octanol–water partition coefficient (Wildman–Crippen LogP) is 11.1. The van der Waals surface area contributed by atoms with Gasteiger partial charge in [0.1, 0.15) is 22.3 Å². The van der Waals surface area contributed by atoms with Crippen LogP contribution in [-0.4, -0.2) is 26.2 Å². The molecule has 0 bridgehead atoms. The normalized spacial score (nSPS) is 23.0. The highest BCUT2D eigenvalue weighted by Crippen LogP contribution is 2.44. The Labute approximate surface area is 264 Å². The topological polar surface area (TPSA) is 32.8 Å². The molecule has 0 saturated carbocycles. The van der Waals surface area contributed by atoms with Gasteiger partial charge in [0.25, 0.3) is 0 Å². The monoisotopic (exact) mass is 594 g/mol. The third-order valence-corrected chi connectivity index (χ3v) is 10.7. The van der Waals surface area contributed by atoms with E-state index in [1.165, 1.54) is 45.8 Å². The number of benzene rings is 5. The first-order valence-electron chi connectivity index (χ1n) is 17.0. The maximum Gasteiger partial charge on any atom is 0.139 e. The highest BCUT2D eigenvalue weighted by atomic mass is 16.3. The molecule has 228 valence electrons. The molecule has 0 amide bonds. The standard InChI is InChI=1S/C41H42N2O2/c1-23-10-24(2)20-42(19-23)32-8-6-28-15-34-36(17-30(28)13-32)44-38-12-27(5)41-40(39(34)38)35-16-29-7-9-33(14-31(29)18-37(35)45-41)43-21-25(3)11-26(4)22-43/h6-9,12-18,23-26H,10-11,19-22H2,1-5H3. The molecule has 9 rings (SSSR count). The van der Waals surface area contributed by atoms with Crippen LogP contribution in [0.15, 0.2) is 75.6 Å². The van der Waals surface area contributed by atoms with E-state index in [4.69, 9.17) is 8.83 Å². The maximum absolute atomic E-state index is 6.66. The molecule has 2 aromatic heterocycles. The van der Waals surface area contributed by atoms with Gasteiger partial charge in [0.15, 0.2) is 0 Å². The molecule has 4 heteroatoms. The van der Waals surface area contributed by atoms with Crippen molar-refractivity contribution in [3.8, 4) is 0 Å². The molecule has 4 atom stereocenters. The summed E-state index contributed by atoms with van der Waals surface area (Å²) in [4.78, 5) is 5.12. The van der Waals surface area contributed by atoms with E-state index >= 15 is 0 Å². The van der Waals surface area contributed by atoms with Crippen molar-refractivity contribution >= 4 is 76.8 Å². The van der Waals surface area contributed by atoms with Crippen LogP contribution in [0.2, 0.25) is 0 Å². The van der Waals surface area contributed by atoms with Crippen molar-refractivity contribution < 1.29 is 8.83 Å². The van der Waals surface area contributed by atoms with Crippen LogP contribution < -0.4 is 9.80 Å². The zero-order valence-electron chi connectivity index (χ0n) is 27.1. The molecule has 4 unspecified atom stereocenters. The molecule has 2 aliphatic rings. The first-order valence-corrected chi connectivity index (χ1v) is 17.0. The average Bonchev–Trinajstić information content (AvgIpc) is 3.54. The second kappa shape index (κ2) is 9.91. The van der Waals surface area contributed by atoms with E-state index in [9.17, 15) is 0 Å². The number of aryl methyl sites for hydroxylation is 1. The second-order valence-electron chi connectivity index (χ2n) is 14.9. The van der Waals surface area contributed by atoms with Crippen molar-refractivity contribution in [3.63, 3.8) is 0 Å². The van der Waals surface area contributed by atoms with Gasteiger partial charge in [-0.2, -0.15) is 0 Å². The first-order chi connectivity index (χ1) is 21.8. The summed E-state index contributed by atoms with van der Waals surface area (Å²) in [7, 11) is 0. The molecular formula is C41H42N2O2. The molecule has 2 fully saturated rings. The Kier molecular flexibility index (Phi) is 5.98.